The lowest BCUT2D eigenvalue weighted by atomic mass is 10.0. The Hall–Kier alpha value is -2.39. The number of halogens is 1. The van der Waals surface area contributed by atoms with Crippen LogP contribution in [-0.4, -0.2) is 87.5 Å². The van der Waals surface area contributed by atoms with Crippen molar-refractivity contribution in [2.45, 2.75) is 32.4 Å². The number of nitrogens with zero attached hydrogens (tertiary/aromatic N) is 3. The molecule has 174 valence electrons. The summed E-state index contributed by atoms with van der Waals surface area (Å²) < 4.78 is 24.2. The van der Waals surface area contributed by atoms with Crippen LogP contribution < -0.4 is 10.6 Å². The zero-order valence-electron chi connectivity index (χ0n) is 19.3. The summed E-state index contributed by atoms with van der Waals surface area (Å²) in [6.45, 7) is 10.1. The molecule has 8 nitrogen and oxygen atoms in total. The number of benzene rings is 1. The second-order valence-electron chi connectivity index (χ2n) is 8.50. The molecule has 0 aliphatic carbocycles. The van der Waals surface area contributed by atoms with E-state index in [-0.39, 0.29) is 18.0 Å². The average Bonchev–Trinajstić information content (AvgIpc) is 2.73. The summed E-state index contributed by atoms with van der Waals surface area (Å²) in [6.07, 6.45) is -0.360. The molecule has 9 heteroatoms. The molecule has 1 aromatic carbocycles. The van der Waals surface area contributed by atoms with E-state index in [2.05, 4.69) is 20.5 Å². The monoisotopic (exact) mass is 437 g/mol. The molecule has 31 heavy (non-hydrogen) atoms. The van der Waals surface area contributed by atoms with Crippen LogP contribution in [0.3, 0.4) is 0 Å². The Morgan fingerprint density at radius 3 is 2.48 bits per heavy atom. The van der Waals surface area contributed by atoms with Crippen molar-refractivity contribution in [1.29, 1.82) is 0 Å². The van der Waals surface area contributed by atoms with Crippen LogP contribution in [0.2, 0.25) is 0 Å². The summed E-state index contributed by atoms with van der Waals surface area (Å²) >= 11 is 0. The standard InChI is InChI=1S/C22H36FN5O3/c1-22(2,3)31-21(29)27(5)11-10-25-20(24-4)26-16-19(28-12-14-30-15-13-28)17-6-8-18(23)9-7-17/h6-9,19H,10-16H2,1-5H3,(H2,24,25,26). The van der Waals surface area contributed by atoms with E-state index in [0.717, 1.165) is 18.7 Å². The third-order valence-corrected chi connectivity index (χ3v) is 4.87. The number of aliphatic imine (C=N–C) groups is 1. The molecule has 0 radical (unpaired) electrons. The minimum absolute atomic E-state index is 0.0625. The van der Waals surface area contributed by atoms with Crippen LogP contribution in [0.15, 0.2) is 29.3 Å². The van der Waals surface area contributed by atoms with Gasteiger partial charge in [0.2, 0.25) is 0 Å². The van der Waals surface area contributed by atoms with Gasteiger partial charge >= 0.3 is 6.09 Å². The SMILES string of the molecule is CN=C(NCCN(C)C(=O)OC(C)(C)C)NCC(c1ccc(F)cc1)N1CCOCC1. The van der Waals surface area contributed by atoms with Crippen LogP contribution in [0.5, 0.6) is 0 Å². The van der Waals surface area contributed by atoms with Crippen molar-refractivity contribution in [3.8, 4) is 0 Å². The summed E-state index contributed by atoms with van der Waals surface area (Å²) in [7, 11) is 3.41. The quantitative estimate of drug-likeness (QED) is 0.503. The van der Waals surface area contributed by atoms with Crippen molar-refractivity contribution in [3.05, 3.63) is 35.6 Å². The van der Waals surface area contributed by atoms with Crippen LogP contribution in [0.1, 0.15) is 32.4 Å². The van der Waals surface area contributed by atoms with E-state index in [4.69, 9.17) is 9.47 Å². The van der Waals surface area contributed by atoms with Gasteiger partial charge < -0.3 is 25.0 Å². The number of ether oxygens (including phenoxy) is 2. The van der Waals surface area contributed by atoms with Crippen LogP contribution in [-0.2, 0) is 9.47 Å². The van der Waals surface area contributed by atoms with Gasteiger partial charge in [0.1, 0.15) is 11.4 Å². The molecule has 0 saturated carbocycles. The maximum Gasteiger partial charge on any atom is 0.410 e. The molecule has 0 spiro atoms. The number of rotatable bonds is 7. The average molecular weight is 438 g/mol. The van der Waals surface area contributed by atoms with E-state index in [9.17, 15) is 9.18 Å². The zero-order chi connectivity index (χ0) is 22.9. The largest absolute Gasteiger partial charge is 0.444 e. The first-order chi connectivity index (χ1) is 14.7. The topological polar surface area (TPSA) is 78.4 Å². The Labute approximate surface area is 184 Å². The molecular weight excluding hydrogens is 401 g/mol. The summed E-state index contributed by atoms with van der Waals surface area (Å²) in [5.74, 6) is 0.391. The highest BCUT2D eigenvalue weighted by atomic mass is 19.1. The number of amides is 1. The van der Waals surface area contributed by atoms with Gasteiger partial charge in [0.15, 0.2) is 5.96 Å². The highest BCUT2D eigenvalue weighted by Crippen LogP contribution is 2.21. The molecule has 1 fully saturated rings. The highest BCUT2D eigenvalue weighted by molar-refractivity contribution is 5.79. The number of carbonyl (C=O) groups excluding carboxylic acids is 1. The lowest BCUT2D eigenvalue weighted by molar-refractivity contribution is 0.0169. The maximum absolute atomic E-state index is 13.4. The number of hydrogen-bond donors (Lipinski definition) is 2. The number of hydrogen-bond acceptors (Lipinski definition) is 5. The van der Waals surface area contributed by atoms with Gasteiger partial charge in [0.25, 0.3) is 0 Å². The number of carbonyl (C=O) groups is 1. The molecule has 1 aromatic rings. The predicted octanol–water partition coefficient (Wildman–Crippen LogP) is 2.23. The Bertz CT molecular complexity index is 715. The lowest BCUT2D eigenvalue weighted by Crippen LogP contribution is -2.47. The molecule has 1 aliphatic rings. The number of likely N-dealkylation sites (N-methyl/N-ethyl adjacent to an activating group) is 1. The van der Waals surface area contributed by atoms with Gasteiger partial charge in [-0.05, 0) is 38.5 Å². The molecule has 0 bridgehead atoms. The normalized spacial score (nSPS) is 16.5. The highest BCUT2D eigenvalue weighted by Gasteiger charge is 2.23. The molecule has 1 atom stereocenters. The second-order valence-corrected chi connectivity index (χ2v) is 8.50. The van der Waals surface area contributed by atoms with Crippen molar-refractivity contribution in [1.82, 2.24) is 20.4 Å². The fourth-order valence-electron chi connectivity index (χ4n) is 3.22. The third kappa shape index (κ3) is 8.70. The van der Waals surface area contributed by atoms with Crippen LogP contribution in [0, 0.1) is 5.82 Å². The van der Waals surface area contributed by atoms with Gasteiger partial charge in [-0.15, -0.1) is 0 Å². The lowest BCUT2D eigenvalue weighted by Gasteiger charge is -2.35. The molecule has 1 heterocycles. The smallest absolute Gasteiger partial charge is 0.410 e. The van der Waals surface area contributed by atoms with E-state index in [1.54, 1.807) is 14.1 Å². The molecule has 1 saturated heterocycles. The first-order valence-electron chi connectivity index (χ1n) is 10.7. The second kappa shape index (κ2) is 11.9. The molecule has 2 rings (SSSR count). The molecular formula is C22H36FN5O3. The molecule has 2 N–H and O–H groups in total. The zero-order valence-corrected chi connectivity index (χ0v) is 19.3. The fourth-order valence-corrected chi connectivity index (χ4v) is 3.22. The van der Waals surface area contributed by atoms with Crippen molar-refractivity contribution < 1.29 is 18.7 Å². The van der Waals surface area contributed by atoms with E-state index >= 15 is 0 Å². The minimum Gasteiger partial charge on any atom is -0.444 e. The molecule has 1 aliphatic heterocycles. The fraction of sp³-hybridized carbons (Fsp3) is 0.636. The first kappa shape index (κ1) is 24.9. The van der Waals surface area contributed by atoms with E-state index in [1.807, 2.05) is 32.9 Å². The minimum atomic E-state index is -0.523. The summed E-state index contributed by atoms with van der Waals surface area (Å²) in [6, 6.07) is 6.68. The number of guanidine groups is 1. The Kier molecular flexibility index (Phi) is 9.51. The Morgan fingerprint density at radius 2 is 1.90 bits per heavy atom. The van der Waals surface area contributed by atoms with Crippen LogP contribution >= 0.6 is 0 Å². The van der Waals surface area contributed by atoms with Crippen molar-refractivity contribution >= 4 is 12.1 Å². The number of morpholine rings is 1. The van der Waals surface area contributed by atoms with Gasteiger partial charge in [-0.1, -0.05) is 12.1 Å². The molecule has 0 aromatic heterocycles. The summed E-state index contributed by atoms with van der Waals surface area (Å²) in [5, 5.41) is 6.57. The van der Waals surface area contributed by atoms with E-state index in [1.165, 1.54) is 17.0 Å². The van der Waals surface area contributed by atoms with Gasteiger partial charge in [0.05, 0.1) is 19.3 Å². The Balaban J connectivity index is 1.88. The van der Waals surface area contributed by atoms with Crippen molar-refractivity contribution in [2.75, 3.05) is 60.0 Å². The molecule has 1 amide bonds. The predicted molar refractivity (Wildman–Crippen MR) is 120 cm³/mol. The summed E-state index contributed by atoms with van der Waals surface area (Å²) in [5.41, 5.74) is 0.515. The Morgan fingerprint density at radius 1 is 1.26 bits per heavy atom. The summed E-state index contributed by atoms with van der Waals surface area (Å²) in [4.78, 5) is 20.2. The number of nitrogens with one attached hydrogen (secondary N) is 2. The van der Waals surface area contributed by atoms with E-state index in [0.29, 0.717) is 38.8 Å². The van der Waals surface area contributed by atoms with Crippen molar-refractivity contribution in [2.24, 2.45) is 4.99 Å². The van der Waals surface area contributed by atoms with Gasteiger partial charge in [-0.3, -0.25) is 9.89 Å². The third-order valence-electron chi connectivity index (χ3n) is 4.87. The first-order valence-corrected chi connectivity index (χ1v) is 10.7. The van der Waals surface area contributed by atoms with Crippen LogP contribution in [0.4, 0.5) is 9.18 Å². The van der Waals surface area contributed by atoms with Crippen molar-refractivity contribution in [3.63, 3.8) is 0 Å². The van der Waals surface area contributed by atoms with Gasteiger partial charge in [-0.25, -0.2) is 9.18 Å². The van der Waals surface area contributed by atoms with Gasteiger partial charge in [-0.2, -0.15) is 0 Å². The van der Waals surface area contributed by atoms with Crippen LogP contribution in [0.25, 0.3) is 0 Å². The maximum atomic E-state index is 13.4. The van der Waals surface area contributed by atoms with E-state index < -0.39 is 5.60 Å². The molecule has 1 unspecified atom stereocenters. The van der Waals surface area contributed by atoms with Gasteiger partial charge in [0, 0.05) is 46.8 Å².